The molecule has 1 amide bonds. The van der Waals surface area contributed by atoms with Crippen LogP contribution in [-0.2, 0) is 17.8 Å². The summed E-state index contributed by atoms with van der Waals surface area (Å²) >= 11 is 0. The predicted molar refractivity (Wildman–Crippen MR) is 82.8 cm³/mol. The van der Waals surface area contributed by atoms with Crippen molar-refractivity contribution in [2.24, 2.45) is 0 Å². The van der Waals surface area contributed by atoms with E-state index in [2.05, 4.69) is 28.3 Å². The number of benzene rings is 1. The van der Waals surface area contributed by atoms with E-state index in [0.29, 0.717) is 13.0 Å². The maximum Gasteiger partial charge on any atom is 0.224 e. The zero-order chi connectivity index (χ0) is 14.7. The second-order valence-electron chi connectivity index (χ2n) is 5.13. The van der Waals surface area contributed by atoms with E-state index >= 15 is 0 Å². The first kappa shape index (κ1) is 13.4. The fourth-order valence-corrected chi connectivity index (χ4v) is 2.45. The lowest BCUT2D eigenvalue weighted by molar-refractivity contribution is -0.120. The maximum atomic E-state index is 12.1. The number of carbonyl (C=O) groups excluding carboxylic acids is 1. The second-order valence-corrected chi connectivity index (χ2v) is 5.13. The van der Waals surface area contributed by atoms with Crippen molar-refractivity contribution in [3.8, 4) is 0 Å². The van der Waals surface area contributed by atoms with Crippen LogP contribution in [0.5, 0.6) is 0 Å². The monoisotopic (exact) mass is 279 g/mol. The molecule has 2 N–H and O–H groups in total. The number of hydrogen-bond acceptors (Lipinski definition) is 2. The highest BCUT2D eigenvalue weighted by molar-refractivity contribution is 5.90. The summed E-state index contributed by atoms with van der Waals surface area (Å²) in [6, 6.07) is 9.93. The molecular formula is C17H17N3O. The molecule has 0 radical (unpaired) electrons. The fraction of sp³-hybridized carbons (Fsp3) is 0.176. The molecule has 0 spiro atoms. The highest BCUT2D eigenvalue weighted by atomic mass is 16.1. The topological polar surface area (TPSA) is 57.8 Å². The minimum atomic E-state index is 0.0151. The number of fused-ring (bicyclic) bond motifs is 1. The average molecular weight is 279 g/mol. The van der Waals surface area contributed by atoms with Gasteiger partial charge in [-0.1, -0.05) is 24.3 Å². The number of carbonyl (C=O) groups is 1. The van der Waals surface area contributed by atoms with Crippen molar-refractivity contribution < 1.29 is 4.79 Å². The first-order valence-corrected chi connectivity index (χ1v) is 6.95. The molecule has 4 nitrogen and oxygen atoms in total. The smallest absolute Gasteiger partial charge is 0.224 e. The molecule has 0 atom stereocenters. The largest absolute Gasteiger partial charge is 0.361 e. The number of aryl methyl sites for hydroxylation is 1. The molecule has 0 bridgehead atoms. The summed E-state index contributed by atoms with van der Waals surface area (Å²) in [4.78, 5) is 19.3. The van der Waals surface area contributed by atoms with Crippen LogP contribution in [0, 0.1) is 6.92 Å². The number of pyridine rings is 1. The first-order valence-electron chi connectivity index (χ1n) is 6.95. The number of nitrogens with one attached hydrogen (secondary N) is 2. The molecule has 3 rings (SSSR count). The van der Waals surface area contributed by atoms with Gasteiger partial charge in [-0.25, -0.2) is 0 Å². The summed E-state index contributed by atoms with van der Waals surface area (Å²) in [6.45, 7) is 2.57. The molecule has 0 aliphatic heterocycles. The molecule has 0 fully saturated rings. The number of aromatic amines is 1. The standard InChI is InChI=1S/C17H17N3O/c1-12-4-2-6-15-14(11-20-17(12)15)8-16(21)19-10-13-5-3-7-18-9-13/h2-7,9,11,20H,8,10H2,1H3,(H,19,21). The molecule has 4 heteroatoms. The van der Waals surface area contributed by atoms with Gasteiger partial charge in [0, 0.05) is 36.0 Å². The quantitative estimate of drug-likeness (QED) is 0.771. The van der Waals surface area contributed by atoms with E-state index in [1.54, 1.807) is 12.4 Å². The SMILES string of the molecule is Cc1cccc2c(CC(=O)NCc3cccnc3)c[nH]c12. The lowest BCUT2D eigenvalue weighted by Gasteiger charge is -2.04. The van der Waals surface area contributed by atoms with E-state index in [1.807, 2.05) is 30.5 Å². The number of hydrogen-bond donors (Lipinski definition) is 2. The zero-order valence-corrected chi connectivity index (χ0v) is 11.9. The summed E-state index contributed by atoms with van der Waals surface area (Å²) in [5.74, 6) is 0.0151. The molecular weight excluding hydrogens is 262 g/mol. The molecule has 3 aromatic rings. The molecule has 1 aromatic carbocycles. The van der Waals surface area contributed by atoms with Crippen LogP contribution in [0.25, 0.3) is 10.9 Å². The third-order valence-electron chi connectivity index (χ3n) is 3.57. The summed E-state index contributed by atoms with van der Waals surface area (Å²) in [7, 11) is 0. The highest BCUT2D eigenvalue weighted by Gasteiger charge is 2.09. The lowest BCUT2D eigenvalue weighted by atomic mass is 10.1. The summed E-state index contributed by atoms with van der Waals surface area (Å²) in [5, 5.41) is 4.04. The fourth-order valence-electron chi connectivity index (χ4n) is 2.45. The van der Waals surface area contributed by atoms with E-state index < -0.39 is 0 Å². The van der Waals surface area contributed by atoms with Crippen molar-refractivity contribution >= 4 is 16.8 Å². The van der Waals surface area contributed by atoms with Crippen LogP contribution in [0.4, 0.5) is 0 Å². The third kappa shape index (κ3) is 2.94. The summed E-state index contributed by atoms with van der Waals surface area (Å²) < 4.78 is 0. The Kier molecular flexibility index (Phi) is 3.69. The van der Waals surface area contributed by atoms with E-state index in [0.717, 1.165) is 22.0 Å². The zero-order valence-electron chi connectivity index (χ0n) is 11.9. The third-order valence-corrected chi connectivity index (χ3v) is 3.57. The van der Waals surface area contributed by atoms with Gasteiger partial charge in [0.1, 0.15) is 0 Å². The average Bonchev–Trinajstić information content (AvgIpc) is 2.91. The Morgan fingerprint density at radius 3 is 3.00 bits per heavy atom. The normalized spacial score (nSPS) is 10.7. The molecule has 0 saturated carbocycles. The van der Waals surface area contributed by atoms with Gasteiger partial charge in [0.15, 0.2) is 0 Å². The Bertz CT molecular complexity index is 762. The number of H-pyrrole nitrogens is 1. The molecule has 2 aromatic heterocycles. The molecule has 2 heterocycles. The van der Waals surface area contributed by atoms with E-state index in [1.165, 1.54) is 5.56 Å². The van der Waals surface area contributed by atoms with Crippen molar-refractivity contribution in [2.75, 3.05) is 0 Å². The molecule has 0 aliphatic carbocycles. The van der Waals surface area contributed by atoms with Gasteiger partial charge in [0.2, 0.25) is 5.91 Å². The van der Waals surface area contributed by atoms with Crippen LogP contribution in [0.3, 0.4) is 0 Å². The Hall–Kier alpha value is -2.62. The van der Waals surface area contributed by atoms with Gasteiger partial charge in [-0.05, 0) is 29.7 Å². The van der Waals surface area contributed by atoms with Crippen LogP contribution >= 0.6 is 0 Å². The van der Waals surface area contributed by atoms with Crippen molar-refractivity contribution in [3.63, 3.8) is 0 Å². The number of rotatable bonds is 4. The molecule has 0 saturated heterocycles. The van der Waals surface area contributed by atoms with E-state index in [-0.39, 0.29) is 5.91 Å². The van der Waals surface area contributed by atoms with Gasteiger partial charge in [-0.15, -0.1) is 0 Å². The Labute approximate surface area is 123 Å². The Balaban J connectivity index is 1.68. The van der Waals surface area contributed by atoms with Gasteiger partial charge in [-0.3, -0.25) is 9.78 Å². The lowest BCUT2D eigenvalue weighted by Crippen LogP contribution is -2.24. The van der Waals surface area contributed by atoms with Crippen molar-refractivity contribution in [1.29, 1.82) is 0 Å². The van der Waals surface area contributed by atoms with Gasteiger partial charge >= 0.3 is 0 Å². The van der Waals surface area contributed by atoms with Crippen molar-refractivity contribution in [2.45, 2.75) is 19.9 Å². The van der Waals surface area contributed by atoms with Crippen LogP contribution in [-0.4, -0.2) is 15.9 Å². The van der Waals surface area contributed by atoms with Gasteiger partial charge in [0.25, 0.3) is 0 Å². The minimum absolute atomic E-state index is 0.0151. The van der Waals surface area contributed by atoms with Crippen LogP contribution in [0.2, 0.25) is 0 Å². The van der Waals surface area contributed by atoms with Crippen LogP contribution < -0.4 is 5.32 Å². The van der Waals surface area contributed by atoms with Gasteiger partial charge in [0.05, 0.1) is 6.42 Å². The van der Waals surface area contributed by atoms with Crippen molar-refractivity contribution in [1.82, 2.24) is 15.3 Å². The van der Waals surface area contributed by atoms with E-state index in [9.17, 15) is 4.79 Å². The first-order chi connectivity index (χ1) is 10.2. The Morgan fingerprint density at radius 2 is 2.19 bits per heavy atom. The number of nitrogens with zero attached hydrogens (tertiary/aromatic N) is 1. The van der Waals surface area contributed by atoms with Crippen LogP contribution in [0.15, 0.2) is 48.9 Å². The maximum absolute atomic E-state index is 12.1. The van der Waals surface area contributed by atoms with E-state index in [4.69, 9.17) is 0 Å². The molecule has 0 aliphatic rings. The highest BCUT2D eigenvalue weighted by Crippen LogP contribution is 2.21. The molecule has 0 unspecified atom stereocenters. The summed E-state index contributed by atoms with van der Waals surface area (Å²) in [6.07, 6.45) is 5.78. The number of para-hydroxylation sites is 1. The summed E-state index contributed by atoms with van der Waals surface area (Å²) in [5.41, 5.74) is 4.32. The van der Waals surface area contributed by atoms with Gasteiger partial charge in [-0.2, -0.15) is 0 Å². The number of aromatic nitrogens is 2. The van der Waals surface area contributed by atoms with Gasteiger partial charge < -0.3 is 10.3 Å². The Morgan fingerprint density at radius 1 is 1.29 bits per heavy atom. The molecule has 21 heavy (non-hydrogen) atoms. The van der Waals surface area contributed by atoms with Crippen molar-refractivity contribution in [3.05, 3.63) is 65.6 Å². The van der Waals surface area contributed by atoms with Crippen LogP contribution in [0.1, 0.15) is 16.7 Å². The number of amides is 1. The predicted octanol–water partition coefficient (Wildman–Crippen LogP) is 2.73. The minimum Gasteiger partial charge on any atom is -0.361 e. The second kappa shape index (κ2) is 5.79. The molecule has 106 valence electrons.